The van der Waals surface area contributed by atoms with Gasteiger partial charge >= 0.3 is 0 Å². The lowest BCUT2D eigenvalue weighted by molar-refractivity contribution is -0.384. The lowest BCUT2D eigenvalue weighted by Gasteiger charge is -2.17. The molecule has 2 amide bonds. The van der Waals surface area contributed by atoms with Crippen LogP contribution in [0.25, 0.3) is 0 Å². The van der Waals surface area contributed by atoms with Gasteiger partial charge in [0, 0.05) is 29.9 Å². The first-order valence-electron chi connectivity index (χ1n) is 7.47. The van der Waals surface area contributed by atoms with E-state index in [9.17, 15) is 19.7 Å². The topological polar surface area (TPSA) is 101 Å². The van der Waals surface area contributed by atoms with Crippen molar-refractivity contribution < 1.29 is 14.5 Å². The van der Waals surface area contributed by atoms with Crippen LogP contribution in [0.15, 0.2) is 42.5 Å². The second-order valence-corrected chi connectivity index (χ2v) is 5.53. The minimum atomic E-state index is -0.484. The molecule has 0 saturated carbocycles. The third-order valence-corrected chi connectivity index (χ3v) is 3.83. The van der Waals surface area contributed by atoms with E-state index in [2.05, 4.69) is 10.6 Å². The fraction of sp³-hybridized carbons (Fsp3) is 0.176. The fourth-order valence-corrected chi connectivity index (χ4v) is 2.62. The zero-order chi connectivity index (χ0) is 17.1. The van der Waals surface area contributed by atoms with Crippen molar-refractivity contribution in [2.45, 2.75) is 12.8 Å². The monoisotopic (exact) mass is 325 g/mol. The second kappa shape index (κ2) is 6.49. The number of rotatable bonds is 4. The molecule has 0 bridgehead atoms. The van der Waals surface area contributed by atoms with Crippen LogP contribution in [-0.2, 0) is 17.6 Å². The third kappa shape index (κ3) is 3.40. The van der Waals surface area contributed by atoms with Crippen molar-refractivity contribution in [2.75, 3.05) is 11.9 Å². The van der Waals surface area contributed by atoms with E-state index in [-0.39, 0.29) is 23.9 Å². The number of carbonyl (C=O) groups is 2. The molecule has 7 heteroatoms. The number of fused-ring (bicyclic) bond motifs is 1. The summed E-state index contributed by atoms with van der Waals surface area (Å²) in [6.07, 6.45) is 0.874. The van der Waals surface area contributed by atoms with Gasteiger partial charge < -0.3 is 10.6 Å². The molecule has 2 aromatic carbocycles. The van der Waals surface area contributed by atoms with E-state index in [0.717, 1.165) is 12.0 Å². The molecule has 0 saturated heterocycles. The molecular weight excluding hydrogens is 310 g/mol. The van der Waals surface area contributed by atoms with Crippen molar-refractivity contribution >= 4 is 23.2 Å². The molecule has 0 radical (unpaired) electrons. The molecule has 1 aliphatic rings. The molecule has 0 fully saturated rings. The maximum atomic E-state index is 12.1. The van der Waals surface area contributed by atoms with E-state index in [0.29, 0.717) is 23.4 Å². The Kier molecular flexibility index (Phi) is 4.24. The van der Waals surface area contributed by atoms with Crippen molar-refractivity contribution in [3.8, 4) is 0 Å². The number of nitro groups is 1. The number of carbonyl (C=O) groups excluding carboxylic acids is 2. The predicted octanol–water partition coefficient (Wildman–Crippen LogP) is 2.06. The first-order chi connectivity index (χ1) is 11.5. The summed E-state index contributed by atoms with van der Waals surface area (Å²) in [5.74, 6) is -0.386. The minimum Gasteiger partial charge on any atom is -0.352 e. The van der Waals surface area contributed by atoms with E-state index in [1.165, 1.54) is 12.1 Å². The summed E-state index contributed by atoms with van der Waals surface area (Å²) in [6.45, 7) is 0.623. The zero-order valence-electron chi connectivity index (χ0n) is 12.7. The molecule has 1 heterocycles. The molecule has 3 rings (SSSR count). The van der Waals surface area contributed by atoms with Gasteiger partial charge in [-0.3, -0.25) is 19.7 Å². The number of nitro benzene ring substituents is 1. The number of nitrogens with zero attached hydrogens (tertiary/aromatic N) is 1. The quantitative estimate of drug-likeness (QED) is 0.663. The van der Waals surface area contributed by atoms with Crippen molar-refractivity contribution in [3.05, 3.63) is 69.3 Å². The summed E-state index contributed by atoms with van der Waals surface area (Å²) < 4.78 is 0. The number of non-ortho nitro benzene ring substituents is 1. The summed E-state index contributed by atoms with van der Waals surface area (Å²) in [5.41, 5.74) is 2.76. The Morgan fingerprint density at radius 2 is 1.96 bits per heavy atom. The van der Waals surface area contributed by atoms with Crippen LogP contribution in [0.1, 0.15) is 21.5 Å². The van der Waals surface area contributed by atoms with E-state index in [1.54, 1.807) is 24.3 Å². The highest BCUT2D eigenvalue weighted by atomic mass is 16.6. The number of hydrogen-bond donors (Lipinski definition) is 2. The number of amides is 2. The van der Waals surface area contributed by atoms with Gasteiger partial charge in [-0.2, -0.15) is 0 Å². The standard InChI is InChI=1S/C17H15N3O4/c21-16(9-11-1-5-14(6-2-11)20(23)24)19-13-4-3-12-7-8-18-17(22)15(12)10-13/h1-6,10H,7-9H2,(H,18,22)(H,19,21). The van der Waals surface area contributed by atoms with Crippen LogP contribution >= 0.6 is 0 Å². The number of hydrogen-bond acceptors (Lipinski definition) is 4. The van der Waals surface area contributed by atoms with E-state index in [4.69, 9.17) is 0 Å². The third-order valence-electron chi connectivity index (χ3n) is 3.83. The highest BCUT2D eigenvalue weighted by molar-refractivity contribution is 5.99. The molecule has 0 aromatic heterocycles. The Hall–Kier alpha value is -3.22. The molecule has 0 unspecified atom stereocenters. The lowest BCUT2D eigenvalue weighted by Crippen LogP contribution is -2.31. The van der Waals surface area contributed by atoms with Gasteiger partial charge in [-0.15, -0.1) is 0 Å². The number of anilines is 1. The molecule has 7 nitrogen and oxygen atoms in total. The summed E-state index contributed by atoms with van der Waals surface area (Å²) in [5, 5.41) is 16.1. The number of benzene rings is 2. The molecule has 0 atom stereocenters. The summed E-state index contributed by atoms with van der Waals surface area (Å²) in [7, 11) is 0. The first-order valence-corrected chi connectivity index (χ1v) is 7.47. The maximum Gasteiger partial charge on any atom is 0.269 e. The normalized spacial score (nSPS) is 12.9. The van der Waals surface area contributed by atoms with Gasteiger partial charge in [0.25, 0.3) is 11.6 Å². The largest absolute Gasteiger partial charge is 0.352 e. The van der Waals surface area contributed by atoms with Crippen LogP contribution < -0.4 is 10.6 Å². The van der Waals surface area contributed by atoms with Gasteiger partial charge in [-0.1, -0.05) is 18.2 Å². The van der Waals surface area contributed by atoms with E-state index < -0.39 is 4.92 Å². The average Bonchev–Trinajstić information content (AvgIpc) is 2.56. The van der Waals surface area contributed by atoms with Crippen molar-refractivity contribution in [1.82, 2.24) is 5.32 Å². The zero-order valence-corrected chi connectivity index (χ0v) is 12.7. The Bertz CT molecular complexity index is 815. The highest BCUT2D eigenvalue weighted by Gasteiger charge is 2.17. The van der Waals surface area contributed by atoms with Gasteiger partial charge in [0.1, 0.15) is 0 Å². The van der Waals surface area contributed by atoms with Crippen LogP contribution in [0.5, 0.6) is 0 Å². The Morgan fingerprint density at radius 3 is 2.67 bits per heavy atom. The van der Waals surface area contributed by atoms with E-state index in [1.807, 2.05) is 6.07 Å². The first kappa shape index (κ1) is 15.7. The van der Waals surface area contributed by atoms with Gasteiger partial charge in [0.2, 0.25) is 5.91 Å². The van der Waals surface area contributed by atoms with Crippen molar-refractivity contribution in [3.63, 3.8) is 0 Å². The fourth-order valence-electron chi connectivity index (χ4n) is 2.62. The molecule has 0 aliphatic carbocycles. The summed E-state index contributed by atoms with van der Waals surface area (Å²) >= 11 is 0. The van der Waals surface area contributed by atoms with Gasteiger partial charge in [0.15, 0.2) is 0 Å². The van der Waals surface area contributed by atoms with Crippen LogP contribution in [0.4, 0.5) is 11.4 Å². The molecule has 2 N–H and O–H groups in total. The molecule has 2 aromatic rings. The predicted molar refractivity (Wildman–Crippen MR) is 87.9 cm³/mol. The van der Waals surface area contributed by atoms with Crippen LogP contribution in [0, 0.1) is 10.1 Å². The maximum absolute atomic E-state index is 12.1. The molecule has 0 spiro atoms. The number of nitrogens with one attached hydrogen (secondary N) is 2. The Labute approximate surface area is 137 Å². The summed E-state index contributed by atoms with van der Waals surface area (Å²) in [4.78, 5) is 34.1. The SMILES string of the molecule is O=C(Cc1ccc([N+](=O)[O-])cc1)Nc1ccc2c(c1)C(=O)NCC2. The smallest absolute Gasteiger partial charge is 0.269 e. The lowest BCUT2D eigenvalue weighted by atomic mass is 10.00. The van der Waals surface area contributed by atoms with Crippen LogP contribution in [0.3, 0.4) is 0 Å². The van der Waals surface area contributed by atoms with Gasteiger partial charge in [-0.25, -0.2) is 0 Å². The molecular formula is C17H15N3O4. The Balaban J connectivity index is 1.67. The average molecular weight is 325 g/mol. The van der Waals surface area contributed by atoms with Crippen molar-refractivity contribution in [2.24, 2.45) is 0 Å². The molecule has 1 aliphatic heterocycles. The highest BCUT2D eigenvalue weighted by Crippen LogP contribution is 2.19. The van der Waals surface area contributed by atoms with Gasteiger partial charge in [0.05, 0.1) is 11.3 Å². The second-order valence-electron chi connectivity index (χ2n) is 5.53. The van der Waals surface area contributed by atoms with Crippen LogP contribution in [0.2, 0.25) is 0 Å². The van der Waals surface area contributed by atoms with Crippen molar-refractivity contribution in [1.29, 1.82) is 0 Å². The summed E-state index contributed by atoms with van der Waals surface area (Å²) in [6, 6.07) is 11.1. The Morgan fingerprint density at radius 1 is 1.21 bits per heavy atom. The molecule has 24 heavy (non-hydrogen) atoms. The minimum absolute atomic E-state index is 0.0140. The van der Waals surface area contributed by atoms with Gasteiger partial charge in [-0.05, 0) is 29.7 Å². The molecule has 122 valence electrons. The van der Waals surface area contributed by atoms with E-state index >= 15 is 0 Å². The van der Waals surface area contributed by atoms with Crippen LogP contribution in [-0.4, -0.2) is 23.3 Å².